The number of benzene rings is 1. The van der Waals surface area contributed by atoms with E-state index in [1.165, 1.54) is 0 Å². The van der Waals surface area contributed by atoms with Gasteiger partial charge in [0, 0.05) is 19.1 Å². The standard InChI is InChI=1S/C16H22N2O2/c1-4-13(3)18(10-12(2)16(19)20)11-15-7-5-6-14(8-15)9-17/h5-8,12-13H,4,10-11H2,1-3H3,(H,19,20). The fraction of sp³-hybridized carbons (Fsp3) is 0.500. The van der Waals surface area contributed by atoms with E-state index in [0.717, 1.165) is 12.0 Å². The molecule has 0 aromatic heterocycles. The molecule has 0 radical (unpaired) electrons. The summed E-state index contributed by atoms with van der Waals surface area (Å²) in [5, 5.41) is 18.0. The Bertz CT molecular complexity index is 493. The molecule has 1 N–H and O–H groups in total. The topological polar surface area (TPSA) is 64.3 Å². The van der Waals surface area contributed by atoms with Crippen molar-refractivity contribution < 1.29 is 9.90 Å². The molecule has 0 saturated carbocycles. The van der Waals surface area contributed by atoms with E-state index in [2.05, 4.69) is 24.8 Å². The van der Waals surface area contributed by atoms with Crippen molar-refractivity contribution in [1.82, 2.24) is 4.90 Å². The molecule has 2 atom stereocenters. The highest BCUT2D eigenvalue weighted by atomic mass is 16.4. The zero-order chi connectivity index (χ0) is 15.1. The van der Waals surface area contributed by atoms with Gasteiger partial charge in [-0.1, -0.05) is 26.0 Å². The number of hydrogen-bond acceptors (Lipinski definition) is 3. The fourth-order valence-corrected chi connectivity index (χ4v) is 2.06. The van der Waals surface area contributed by atoms with E-state index >= 15 is 0 Å². The van der Waals surface area contributed by atoms with Gasteiger partial charge in [-0.3, -0.25) is 9.69 Å². The van der Waals surface area contributed by atoms with Crippen LogP contribution in [0.4, 0.5) is 0 Å². The molecule has 20 heavy (non-hydrogen) atoms. The highest BCUT2D eigenvalue weighted by Gasteiger charge is 2.19. The third-order valence-corrected chi connectivity index (χ3v) is 3.59. The third kappa shape index (κ3) is 4.67. The van der Waals surface area contributed by atoms with Crippen LogP contribution in [0.25, 0.3) is 0 Å². The lowest BCUT2D eigenvalue weighted by atomic mass is 10.1. The van der Waals surface area contributed by atoms with Crippen molar-refractivity contribution >= 4 is 5.97 Å². The van der Waals surface area contributed by atoms with E-state index in [1.54, 1.807) is 13.0 Å². The molecule has 0 fully saturated rings. The summed E-state index contributed by atoms with van der Waals surface area (Å²) >= 11 is 0. The maximum absolute atomic E-state index is 11.0. The van der Waals surface area contributed by atoms with Crippen LogP contribution in [0.2, 0.25) is 0 Å². The number of nitrogens with zero attached hydrogens (tertiary/aromatic N) is 2. The van der Waals surface area contributed by atoms with Crippen LogP contribution in [0, 0.1) is 17.2 Å². The SMILES string of the molecule is CCC(C)N(Cc1cccc(C#N)c1)CC(C)C(=O)O. The molecule has 1 aromatic carbocycles. The van der Waals surface area contributed by atoms with Crippen molar-refractivity contribution in [3.63, 3.8) is 0 Å². The molecule has 1 rings (SSSR count). The summed E-state index contributed by atoms with van der Waals surface area (Å²) in [6.45, 7) is 7.10. The molecule has 0 bridgehead atoms. The van der Waals surface area contributed by atoms with Gasteiger partial charge < -0.3 is 5.11 Å². The highest BCUT2D eigenvalue weighted by Crippen LogP contribution is 2.14. The first-order valence-electron chi connectivity index (χ1n) is 6.93. The molecule has 1 aromatic rings. The van der Waals surface area contributed by atoms with Crippen molar-refractivity contribution in [2.45, 2.75) is 39.8 Å². The Morgan fingerprint density at radius 1 is 1.45 bits per heavy atom. The van der Waals surface area contributed by atoms with Crippen LogP contribution in [0.15, 0.2) is 24.3 Å². The summed E-state index contributed by atoms with van der Waals surface area (Å²) in [6.07, 6.45) is 0.963. The molecule has 0 aliphatic rings. The average molecular weight is 274 g/mol. The molecule has 0 saturated heterocycles. The number of rotatable bonds is 7. The van der Waals surface area contributed by atoms with E-state index in [-0.39, 0.29) is 0 Å². The molecule has 4 nitrogen and oxygen atoms in total. The molecule has 108 valence electrons. The molecule has 0 aliphatic carbocycles. The zero-order valence-electron chi connectivity index (χ0n) is 12.3. The summed E-state index contributed by atoms with van der Waals surface area (Å²) in [6, 6.07) is 9.91. The first-order chi connectivity index (χ1) is 9.47. The Morgan fingerprint density at radius 2 is 2.15 bits per heavy atom. The first kappa shape index (κ1) is 16.2. The van der Waals surface area contributed by atoms with Crippen LogP contribution in [0.3, 0.4) is 0 Å². The maximum Gasteiger partial charge on any atom is 0.307 e. The van der Waals surface area contributed by atoms with E-state index in [9.17, 15) is 4.79 Å². The molecule has 0 aliphatic heterocycles. The Kier molecular flexibility index (Phi) is 6.20. The van der Waals surface area contributed by atoms with Gasteiger partial charge in [-0.15, -0.1) is 0 Å². The second-order valence-corrected chi connectivity index (χ2v) is 5.24. The first-order valence-corrected chi connectivity index (χ1v) is 6.93. The molecule has 2 unspecified atom stereocenters. The van der Waals surface area contributed by atoms with Crippen molar-refractivity contribution in [2.24, 2.45) is 5.92 Å². The van der Waals surface area contributed by atoms with Gasteiger partial charge in [0.2, 0.25) is 0 Å². The minimum Gasteiger partial charge on any atom is -0.481 e. The van der Waals surface area contributed by atoms with E-state index in [0.29, 0.717) is 24.7 Å². The lowest BCUT2D eigenvalue weighted by Gasteiger charge is -2.30. The quantitative estimate of drug-likeness (QED) is 0.830. The van der Waals surface area contributed by atoms with Crippen LogP contribution < -0.4 is 0 Å². The van der Waals surface area contributed by atoms with E-state index < -0.39 is 11.9 Å². The smallest absolute Gasteiger partial charge is 0.307 e. The van der Waals surface area contributed by atoms with Crippen LogP contribution in [-0.4, -0.2) is 28.6 Å². The van der Waals surface area contributed by atoms with Gasteiger partial charge in [-0.05, 0) is 31.0 Å². The molecule has 4 heteroatoms. The van der Waals surface area contributed by atoms with Crippen LogP contribution in [-0.2, 0) is 11.3 Å². The largest absolute Gasteiger partial charge is 0.481 e. The minimum atomic E-state index is -0.774. The number of nitriles is 1. The molecular formula is C16H22N2O2. The molecule has 0 heterocycles. The normalized spacial score (nSPS) is 13.8. The summed E-state index contributed by atoms with van der Waals surface area (Å²) in [4.78, 5) is 13.2. The average Bonchev–Trinajstić information content (AvgIpc) is 2.45. The van der Waals surface area contributed by atoms with E-state index in [4.69, 9.17) is 10.4 Å². The summed E-state index contributed by atoms with van der Waals surface area (Å²) in [5.41, 5.74) is 1.68. The van der Waals surface area contributed by atoms with Gasteiger partial charge in [0.1, 0.15) is 0 Å². The Morgan fingerprint density at radius 3 is 2.70 bits per heavy atom. The monoisotopic (exact) mass is 274 g/mol. The minimum absolute atomic E-state index is 0.308. The fourth-order valence-electron chi connectivity index (χ4n) is 2.06. The van der Waals surface area contributed by atoms with Crippen molar-refractivity contribution in [2.75, 3.05) is 6.54 Å². The second kappa shape index (κ2) is 7.66. The summed E-state index contributed by atoms with van der Waals surface area (Å²) in [7, 11) is 0. The van der Waals surface area contributed by atoms with Gasteiger partial charge in [-0.25, -0.2) is 0 Å². The van der Waals surface area contributed by atoms with Crippen molar-refractivity contribution in [3.05, 3.63) is 35.4 Å². The van der Waals surface area contributed by atoms with Gasteiger partial charge >= 0.3 is 5.97 Å². The number of aliphatic carboxylic acids is 1. The van der Waals surface area contributed by atoms with Crippen LogP contribution in [0.5, 0.6) is 0 Å². The lowest BCUT2D eigenvalue weighted by Crippen LogP contribution is -2.37. The Hall–Kier alpha value is -1.86. The summed E-state index contributed by atoms with van der Waals surface area (Å²) in [5.74, 6) is -1.17. The predicted octanol–water partition coefficient (Wildman–Crippen LogP) is 2.88. The second-order valence-electron chi connectivity index (χ2n) is 5.24. The van der Waals surface area contributed by atoms with Gasteiger partial charge in [0.05, 0.1) is 17.6 Å². The Labute approximate surface area is 120 Å². The number of carboxylic acid groups (broad SMARTS) is 1. The van der Waals surface area contributed by atoms with Gasteiger partial charge in [-0.2, -0.15) is 5.26 Å². The lowest BCUT2D eigenvalue weighted by molar-refractivity contribution is -0.142. The molecule has 0 spiro atoms. The predicted molar refractivity (Wildman–Crippen MR) is 78.1 cm³/mol. The number of hydrogen-bond donors (Lipinski definition) is 1. The molecular weight excluding hydrogens is 252 g/mol. The summed E-state index contributed by atoms with van der Waals surface area (Å²) < 4.78 is 0. The Balaban J connectivity index is 2.83. The number of carbonyl (C=O) groups is 1. The molecule has 0 amide bonds. The third-order valence-electron chi connectivity index (χ3n) is 3.59. The zero-order valence-corrected chi connectivity index (χ0v) is 12.3. The maximum atomic E-state index is 11.0. The van der Waals surface area contributed by atoms with E-state index in [1.807, 2.05) is 18.2 Å². The van der Waals surface area contributed by atoms with Crippen LogP contribution >= 0.6 is 0 Å². The van der Waals surface area contributed by atoms with Gasteiger partial charge in [0.25, 0.3) is 0 Å². The van der Waals surface area contributed by atoms with Crippen molar-refractivity contribution in [3.8, 4) is 6.07 Å². The van der Waals surface area contributed by atoms with Crippen molar-refractivity contribution in [1.29, 1.82) is 5.26 Å². The highest BCUT2D eigenvalue weighted by molar-refractivity contribution is 5.69. The number of carboxylic acids is 1. The van der Waals surface area contributed by atoms with Gasteiger partial charge in [0.15, 0.2) is 0 Å². The van der Waals surface area contributed by atoms with Crippen LogP contribution in [0.1, 0.15) is 38.3 Å².